The van der Waals surface area contributed by atoms with Crippen molar-refractivity contribution in [1.82, 2.24) is 4.90 Å². The molecular weight excluding hydrogens is 226 g/mol. The highest BCUT2D eigenvalue weighted by molar-refractivity contribution is 8.00. The van der Waals surface area contributed by atoms with Crippen molar-refractivity contribution >= 4 is 23.6 Å². The van der Waals surface area contributed by atoms with Crippen molar-refractivity contribution in [2.24, 2.45) is 0 Å². The van der Waals surface area contributed by atoms with E-state index in [-0.39, 0.29) is 11.9 Å². The molecule has 1 aliphatic heterocycles. The van der Waals surface area contributed by atoms with Gasteiger partial charge in [-0.2, -0.15) is 11.8 Å². The third-order valence-corrected chi connectivity index (χ3v) is 3.98. The summed E-state index contributed by atoms with van der Waals surface area (Å²) in [6.45, 7) is 4.86. The van der Waals surface area contributed by atoms with E-state index in [0.29, 0.717) is 11.8 Å². The van der Waals surface area contributed by atoms with Crippen LogP contribution in [0, 0.1) is 0 Å². The van der Waals surface area contributed by atoms with E-state index in [1.165, 1.54) is 0 Å². The number of rotatable bonds is 3. The van der Waals surface area contributed by atoms with Crippen molar-refractivity contribution in [2.75, 3.05) is 12.3 Å². The van der Waals surface area contributed by atoms with Crippen LogP contribution >= 0.6 is 11.8 Å². The van der Waals surface area contributed by atoms with Crippen molar-refractivity contribution in [3.63, 3.8) is 0 Å². The highest BCUT2D eigenvalue weighted by Crippen LogP contribution is 2.26. The molecule has 1 amide bonds. The minimum Gasteiger partial charge on any atom is -0.478 e. The molecule has 0 aromatic carbocycles. The van der Waals surface area contributed by atoms with E-state index in [0.717, 1.165) is 24.3 Å². The Balaban J connectivity index is 2.69. The Kier molecular flexibility index (Phi) is 4.86. The predicted octanol–water partition coefficient (Wildman–Crippen LogP) is 1.37. The summed E-state index contributed by atoms with van der Waals surface area (Å²) in [6.07, 6.45) is 2.95. The van der Waals surface area contributed by atoms with Gasteiger partial charge in [0.1, 0.15) is 0 Å². The molecule has 0 aromatic rings. The number of hydrogen-bond acceptors (Lipinski definition) is 3. The summed E-state index contributed by atoms with van der Waals surface area (Å²) >= 11 is 1.86. The maximum Gasteiger partial charge on any atom is 0.328 e. The van der Waals surface area contributed by atoms with Crippen molar-refractivity contribution < 1.29 is 14.7 Å². The van der Waals surface area contributed by atoms with E-state index < -0.39 is 5.97 Å². The Morgan fingerprint density at radius 3 is 2.75 bits per heavy atom. The first-order valence-electron chi connectivity index (χ1n) is 5.39. The van der Waals surface area contributed by atoms with Crippen LogP contribution < -0.4 is 0 Å². The molecule has 2 unspecified atom stereocenters. The lowest BCUT2D eigenvalue weighted by atomic mass is 10.1. The molecule has 2 atom stereocenters. The Labute approximate surface area is 99.7 Å². The second kappa shape index (κ2) is 5.94. The van der Waals surface area contributed by atoms with Gasteiger partial charge in [0, 0.05) is 35.7 Å². The Morgan fingerprint density at radius 2 is 2.19 bits per heavy atom. The fraction of sp³-hybridized carbons (Fsp3) is 0.636. The van der Waals surface area contributed by atoms with Gasteiger partial charge in [0.15, 0.2) is 0 Å². The zero-order valence-corrected chi connectivity index (χ0v) is 10.4. The highest BCUT2D eigenvalue weighted by Gasteiger charge is 2.29. The van der Waals surface area contributed by atoms with Crippen LogP contribution in [-0.2, 0) is 9.59 Å². The molecule has 1 rings (SSSR count). The lowest BCUT2D eigenvalue weighted by molar-refractivity contribution is -0.132. The molecule has 5 heteroatoms. The van der Waals surface area contributed by atoms with Crippen LogP contribution in [0.3, 0.4) is 0 Å². The molecule has 90 valence electrons. The molecule has 16 heavy (non-hydrogen) atoms. The topological polar surface area (TPSA) is 57.6 Å². The van der Waals surface area contributed by atoms with E-state index in [1.54, 1.807) is 4.90 Å². The van der Waals surface area contributed by atoms with E-state index >= 15 is 0 Å². The van der Waals surface area contributed by atoms with Crippen molar-refractivity contribution in [1.29, 1.82) is 0 Å². The molecule has 1 aliphatic rings. The van der Waals surface area contributed by atoms with E-state index in [2.05, 4.69) is 6.92 Å². The molecule has 0 spiro atoms. The van der Waals surface area contributed by atoms with Crippen LogP contribution in [0.1, 0.15) is 20.3 Å². The maximum absolute atomic E-state index is 11.8. The second-order valence-corrected chi connectivity index (χ2v) is 5.24. The number of carbonyl (C=O) groups excluding carboxylic acids is 1. The second-order valence-electron chi connectivity index (χ2n) is 3.75. The first kappa shape index (κ1) is 13.1. The van der Waals surface area contributed by atoms with Crippen LogP contribution in [-0.4, -0.2) is 45.5 Å². The molecule has 1 fully saturated rings. The molecule has 0 saturated carbocycles. The third kappa shape index (κ3) is 3.27. The quantitative estimate of drug-likeness (QED) is 0.761. The lowest BCUT2D eigenvalue weighted by Crippen LogP contribution is -2.48. The van der Waals surface area contributed by atoms with Gasteiger partial charge >= 0.3 is 5.97 Å². The lowest BCUT2D eigenvalue weighted by Gasteiger charge is -2.38. The summed E-state index contributed by atoms with van der Waals surface area (Å²) < 4.78 is 0. The molecule has 0 radical (unpaired) electrons. The average Bonchev–Trinajstić information content (AvgIpc) is 2.25. The zero-order valence-electron chi connectivity index (χ0n) is 9.55. The smallest absolute Gasteiger partial charge is 0.328 e. The minimum absolute atomic E-state index is 0.193. The number of amides is 1. The standard InChI is InChI=1S/C11H17NO3S/c1-3-9-8(2)16-7-6-12(9)10(13)4-5-11(14)15/h4-5,8-9H,3,6-7H2,1-2H3,(H,14,15)/b5-4-. The van der Waals surface area contributed by atoms with Crippen molar-refractivity contribution in [2.45, 2.75) is 31.6 Å². The van der Waals surface area contributed by atoms with E-state index in [4.69, 9.17) is 5.11 Å². The van der Waals surface area contributed by atoms with Gasteiger partial charge in [-0.15, -0.1) is 0 Å². The van der Waals surface area contributed by atoms with Gasteiger partial charge in [0.05, 0.1) is 0 Å². The molecule has 0 bridgehead atoms. The molecular formula is C11H17NO3S. The number of aliphatic carboxylic acids is 1. The first-order chi connectivity index (χ1) is 7.56. The summed E-state index contributed by atoms with van der Waals surface area (Å²) in [5.74, 6) is -0.355. The van der Waals surface area contributed by atoms with Gasteiger partial charge in [0.2, 0.25) is 5.91 Å². The number of hydrogen-bond donors (Lipinski definition) is 1. The van der Waals surface area contributed by atoms with Crippen LogP contribution in [0.4, 0.5) is 0 Å². The van der Waals surface area contributed by atoms with Gasteiger partial charge in [-0.25, -0.2) is 4.79 Å². The van der Waals surface area contributed by atoms with Gasteiger partial charge < -0.3 is 10.0 Å². The van der Waals surface area contributed by atoms with Gasteiger partial charge in [-0.1, -0.05) is 13.8 Å². The van der Waals surface area contributed by atoms with Crippen molar-refractivity contribution in [3.8, 4) is 0 Å². The van der Waals surface area contributed by atoms with E-state index in [1.807, 2.05) is 18.7 Å². The van der Waals surface area contributed by atoms with Crippen LogP contribution in [0.2, 0.25) is 0 Å². The number of thioether (sulfide) groups is 1. The molecule has 1 N–H and O–H groups in total. The highest BCUT2D eigenvalue weighted by atomic mass is 32.2. The molecule has 0 aromatic heterocycles. The predicted molar refractivity (Wildman–Crippen MR) is 64.5 cm³/mol. The van der Waals surface area contributed by atoms with Crippen LogP contribution in [0.5, 0.6) is 0 Å². The fourth-order valence-electron chi connectivity index (χ4n) is 1.93. The van der Waals surface area contributed by atoms with Gasteiger partial charge in [0.25, 0.3) is 0 Å². The summed E-state index contributed by atoms with van der Waals surface area (Å²) in [5.41, 5.74) is 0. The monoisotopic (exact) mass is 243 g/mol. The summed E-state index contributed by atoms with van der Waals surface area (Å²) in [6, 6.07) is 0.213. The zero-order chi connectivity index (χ0) is 12.1. The SMILES string of the molecule is CCC1C(C)SCCN1C(=O)/C=C\C(=O)O. The molecule has 1 saturated heterocycles. The molecule has 4 nitrogen and oxygen atoms in total. The Morgan fingerprint density at radius 1 is 1.50 bits per heavy atom. The number of carboxylic acids is 1. The Hall–Kier alpha value is -0.970. The van der Waals surface area contributed by atoms with Crippen LogP contribution in [0.25, 0.3) is 0 Å². The third-order valence-electron chi connectivity index (χ3n) is 2.72. The number of carbonyl (C=O) groups is 2. The summed E-state index contributed by atoms with van der Waals surface area (Å²) in [4.78, 5) is 23.9. The minimum atomic E-state index is -1.08. The normalized spacial score (nSPS) is 26.0. The Bertz CT molecular complexity index is 304. The largest absolute Gasteiger partial charge is 0.478 e. The molecule has 0 aliphatic carbocycles. The summed E-state index contributed by atoms with van der Waals surface area (Å²) in [7, 11) is 0. The van der Waals surface area contributed by atoms with Crippen LogP contribution in [0.15, 0.2) is 12.2 Å². The number of carboxylic acid groups (broad SMARTS) is 1. The number of nitrogens with zero attached hydrogens (tertiary/aromatic N) is 1. The van der Waals surface area contributed by atoms with Gasteiger partial charge in [-0.05, 0) is 6.42 Å². The first-order valence-corrected chi connectivity index (χ1v) is 6.44. The maximum atomic E-state index is 11.8. The molecule has 1 heterocycles. The van der Waals surface area contributed by atoms with E-state index in [9.17, 15) is 9.59 Å². The summed E-state index contributed by atoms with van der Waals surface area (Å²) in [5, 5.41) is 8.89. The average molecular weight is 243 g/mol. The van der Waals surface area contributed by atoms with Crippen molar-refractivity contribution in [3.05, 3.63) is 12.2 Å². The van der Waals surface area contributed by atoms with Gasteiger partial charge in [-0.3, -0.25) is 4.79 Å². The fourth-order valence-corrected chi connectivity index (χ4v) is 3.17.